The van der Waals surface area contributed by atoms with Crippen molar-refractivity contribution in [3.8, 4) is 5.75 Å². The summed E-state index contributed by atoms with van der Waals surface area (Å²) in [4.78, 5) is 12.2. The summed E-state index contributed by atoms with van der Waals surface area (Å²) in [7, 11) is 0. The van der Waals surface area contributed by atoms with E-state index in [2.05, 4.69) is 10.5 Å². The molecule has 0 radical (unpaired) electrons. The first-order chi connectivity index (χ1) is 13.6. The number of rotatable bonds is 9. The lowest BCUT2D eigenvalue weighted by Crippen LogP contribution is -2.26. The fourth-order valence-corrected chi connectivity index (χ4v) is 3.42. The standard InChI is InChI=1S/C22H30N2O4/c1-16-21(17(2)28-24-16)15-27-20-11-9-18(10-12-20)22(25)23-13-6-14-26-19-7-4-3-5-8-19/h9-12,19H,3-8,13-15H2,1-2H3,(H,23,25). The number of amides is 1. The Labute approximate surface area is 166 Å². The third-order valence-corrected chi connectivity index (χ3v) is 5.19. The molecule has 0 spiro atoms. The Morgan fingerprint density at radius 1 is 1.18 bits per heavy atom. The van der Waals surface area contributed by atoms with Crippen LogP contribution in [-0.4, -0.2) is 30.3 Å². The highest BCUT2D eigenvalue weighted by Gasteiger charge is 2.13. The molecule has 1 aliphatic carbocycles. The van der Waals surface area contributed by atoms with E-state index in [9.17, 15) is 4.79 Å². The molecule has 1 aliphatic rings. The van der Waals surface area contributed by atoms with E-state index >= 15 is 0 Å². The smallest absolute Gasteiger partial charge is 0.251 e. The van der Waals surface area contributed by atoms with Crippen molar-refractivity contribution in [1.29, 1.82) is 0 Å². The molecule has 0 aliphatic heterocycles. The van der Waals surface area contributed by atoms with Crippen LogP contribution in [0, 0.1) is 13.8 Å². The zero-order chi connectivity index (χ0) is 19.8. The summed E-state index contributed by atoms with van der Waals surface area (Å²) in [5.41, 5.74) is 2.41. The number of hydrogen-bond donors (Lipinski definition) is 1. The quantitative estimate of drug-likeness (QED) is 0.649. The van der Waals surface area contributed by atoms with Crippen LogP contribution < -0.4 is 10.1 Å². The van der Waals surface area contributed by atoms with Gasteiger partial charge in [-0.3, -0.25) is 4.79 Å². The topological polar surface area (TPSA) is 73.6 Å². The zero-order valence-electron chi connectivity index (χ0n) is 16.8. The Hall–Kier alpha value is -2.34. The third-order valence-electron chi connectivity index (χ3n) is 5.19. The molecular weight excluding hydrogens is 356 g/mol. The summed E-state index contributed by atoms with van der Waals surface area (Å²) >= 11 is 0. The van der Waals surface area contributed by atoms with Crippen molar-refractivity contribution in [2.24, 2.45) is 0 Å². The van der Waals surface area contributed by atoms with Gasteiger partial charge in [0.15, 0.2) is 0 Å². The Morgan fingerprint density at radius 2 is 1.93 bits per heavy atom. The predicted molar refractivity (Wildman–Crippen MR) is 107 cm³/mol. The maximum absolute atomic E-state index is 12.2. The van der Waals surface area contributed by atoms with Gasteiger partial charge in [0.1, 0.15) is 18.1 Å². The molecule has 0 atom stereocenters. The fraction of sp³-hybridized carbons (Fsp3) is 0.545. The van der Waals surface area contributed by atoms with Gasteiger partial charge in [-0.2, -0.15) is 0 Å². The first-order valence-electron chi connectivity index (χ1n) is 10.2. The van der Waals surface area contributed by atoms with E-state index in [0.29, 0.717) is 37.2 Å². The van der Waals surface area contributed by atoms with Gasteiger partial charge in [0, 0.05) is 18.7 Å². The molecule has 28 heavy (non-hydrogen) atoms. The van der Waals surface area contributed by atoms with Crippen molar-refractivity contribution in [3.63, 3.8) is 0 Å². The zero-order valence-corrected chi connectivity index (χ0v) is 16.8. The van der Waals surface area contributed by atoms with E-state index in [0.717, 1.165) is 23.4 Å². The highest BCUT2D eigenvalue weighted by atomic mass is 16.5. The van der Waals surface area contributed by atoms with Crippen LogP contribution in [0.1, 0.15) is 65.9 Å². The lowest BCUT2D eigenvalue weighted by molar-refractivity contribution is 0.0273. The number of nitrogens with zero attached hydrogens (tertiary/aromatic N) is 1. The van der Waals surface area contributed by atoms with Gasteiger partial charge in [0.25, 0.3) is 5.91 Å². The summed E-state index contributed by atoms with van der Waals surface area (Å²) < 4.78 is 16.8. The molecule has 1 heterocycles. The van der Waals surface area contributed by atoms with Crippen LogP contribution in [0.3, 0.4) is 0 Å². The lowest BCUT2D eigenvalue weighted by Gasteiger charge is -2.21. The van der Waals surface area contributed by atoms with Crippen LogP contribution in [0.15, 0.2) is 28.8 Å². The summed E-state index contributed by atoms with van der Waals surface area (Å²) in [6.07, 6.45) is 7.50. The molecule has 0 unspecified atom stereocenters. The van der Waals surface area contributed by atoms with Crippen LogP contribution >= 0.6 is 0 Å². The van der Waals surface area contributed by atoms with Crippen molar-refractivity contribution in [3.05, 3.63) is 46.8 Å². The van der Waals surface area contributed by atoms with Gasteiger partial charge in [-0.05, 0) is 57.4 Å². The molecule has 152 valence electrons. The Morgan fingerprint density at radius 3 is 2.61 bits per heavy atom. The number of ether oxygens (including phenoxy) is 2. The average Bonchev–Trinajstić information content (AvgIpc) is 3.04. The summed E-state index contributed by atoms with van der Waals surface area (Å²) in [5.74, 6) is 1.40. The number of hydrogen-bond acceptors (Lipinski definition) is 5. The van der Waals surface area contributed by atoms with E-state index in [1.807, 2.05) is 13.8 Å². The minimum absolute atomic E-state index is 0.0741. The molecule has 1 amide bonds. The molecule has 0 bridgehead atoms. The first kappa shape index (κ1) is 20.4. The van der Waals surface area contributed by atoms with Gasteiger partial charge in [0.05, 0.1) is 17.4 Å². The van der Waals surface area contributed by atoms with E-state index < -0.39 is 0 Å². The van der Waals surface area contributed by atoms with Gasteiger partial charge >= 0.3 is 0 Å². The number of carbonyl (C=O) groups excluding carboxylic acids is 1. The fourth-order valence-electron chi connectivity index (χ4n) is 3.42. The number of benzene rings is 1. The molecule has 1 aromatic carbocycles. The van der Waals surface area contributed by atoms with Crippen molar-refractivity contribution < 1.29 is 18.8 Å². The Balaban J connectivity index is 1.36. The molecule has 2 aromatic rings. The summed E-state index contributed by atoms with van der Waals surface area (Å²) in [6, 6.07) is 7.16. The third kappa shape index (κ3) is 5.83. The van der Waals surface area contributed by atoms with E-state index in [1.165, 1.54) is 32.1 Å². The summed E-state index contributed by atoms with van der Waals surface area (Å²) in [5, 5.41) is 6.86. The van der Waals surface area contributed by atoms with Gasteiger partial charge in [-0.15, -0.1) is 0 Å². The minimum Gasteiger partial charge on any atom is -0.489 e. The van der Waals surface area contributed by atoms with Crippen LogP contribution in [0.5, 0.6) is 5.75 Å². The SMILES string of the molecule is Cc1noc(C)c1COc1ccc(C(=O)NCCCOC2CCCCC2)cc1. The van der Waals surface area contributed by atoms with Crippen molar-refractivity contribution >= 4 is 5.91 Å². The second-order valence-electron chi connectivity index (χ2n) is 7.36. The molecule has 1 fully saturated rings. The molecule has 1 saturated carbocycles. The molecular formula is C22H30N2O4. The van der Waals surface area contributed by atoms with Gasteiger partial charge in [0.2, 0.25) is 0 Å². The van der Waals surface area contributed by atoms with Crippen LogP contribution in [0.25, 0.3) is 0 Å². The number of nitrogens with one attached hydrogen (secondary N) is 1. The highest BCUT2D eigenvalue weighted by Crippen LogP contribution is 2.20. The summed E-state index contributed by atoms with van der Waals surface area (Å²) in [6.45, 7) is 5.48. The maximum Gasteiger partial charge on any atom is 0.251 e. The van der Waals surface area contributed by atoms with Crippen LogP contribution in [0.4, 0.5) is 0 Å². The minimum atomic E-state index is -0.0741. The van der Waals surface area contributed by atoms with Crippen molar-refractivity contribution in [2.75, 3.05) is 13.2 Å². The molecule has 6 heteroatoms. The largest absolute Gasteiger partial charge is 0.489 e. The first-order valence-corrected chi connectivity index (χ1v) is 10.2. The molecule has 6 nitrogen and oxygen atoms in total. The predicted octanol–water partition coefficient (Wildman–Crippen LogP) is 4.34. The van der Waals surface area contributed by atoms with Crippen LogP contribution in [-0.2, 0) is 11.3 Å². The van der Waals surface area contributed by atoms with Crippen molar-refractivity contribution in [1.82, 2.24) is 10.5 Å². The lowest BCUT2D eigenvalue weighted by atomic mass is 9.98. The Bertz CT molecular complexity index is 729. The van der Waals surface area contributed by atoms with Crippen molar-refractivity contribution in [2.45, 2.75) is 65.1 Å². The molecule has 1 N–H and O–H groups in total. The number of aromatic nitrogens is 1. The van der Waals surface area contributed by atoms with Gasteiger partial charge in [-0.1, -0.05) is 24.4 Å². The van der Waals surface area contributed by atoms with E-state index in [4.69, 9.17) is 14.0 Å². The normalized spacial score (nSPS) is 14.8. The van der Waals surface area contributed by atoms with Crippen LogP contribution in [0.2, 0.25) is 0 Å². The van der Waals surface area contributed by atoms with Gasteiger partial charge < -0.3 is 19.3 Å². The number of aryl methyl sites for hydroxylation is 2. The van der Waals surface area contributed by atoms with Gasteiger partial charge in [-0.25, -0.2) is 0 Å². The molecule has 1 aromatic heterocycles. The number of carbonyl (C=O) groups is 1. The second kappa shape index (κ2) is 10.3. The molecule has 0 saturated heterocycles. The van der Waals surface area contributed by atoms with E-state index in [-0.39, 0.29) is 5.91 Å². The average molecular weight is 386 g/mol. The second-order valence-corrected chi connectivity index (χ2v) is 7.36. The maximum atomic E-state index is 12.2. The highest BCUT2D eigenvalue weighted by molar-refractivity contribution is 5.94. The van der Waals surface area contributed by atoms with E-state index in [1.54, 1.807) is 24.3 Å². The molecule has 3 rings (SSSR count). The Kier molecular flexibility index (Phi) is 7.48. The monoisotopic (exact) mass is 386 g/mol.